The number of urea groups is 1. The predicted molar refractivity (Wildman–Crippen MR) is 94.4 cm³/mol. The Morgan fingerprint density at radius 2 is 2.21 bits per heavy atom. The number of anilines is 1. The summed E-state index contributed by atoms with van der Waals surface area (Å²) in [6.07, 6.45) is 2.10. The lowest BCUT2D eigenvalue weighted by Crippen LogP contribution is -2.52. The molecule has 3 rings (SSSR count). The number of nitrogens with zero attached hydrogens (tertiary/aromatic N) is 2. The number of methoxy groups -OCH3 is 1. The molecule has 0 spiro atoms. The van der Waals surface area contributed by atoms with Gasteiger partial charge in [0, 0.05) is 32.1 Å². The maximum Gasteiger partial charge on any atom is 0.322 e. The summed E-state index contributed by atoms with van der Waals surface area (Å²) in [4.78, 5) is 14.4. The topological polar surface area (TPSA) is 55.7 Å². The van der Waals surface area contributed by atoms with Crippen LogP contribution < -0.4 is 5.32 Å². The number of hydrogen-bond acceptors (Lipinski definition) is 3. The van der Waals surface area contributed by atoms with Crippen molar-refractivity contribution >= 4 is 22.6 Å². The van der Waals surface area contributed by atoms with E-state index in [9.17, 15) is 4.79 Å². The molecule has 0 saturated carbocycles. The van der Waals surface area contributed by atoms with Crippen LogP contribution in [0.3, 0.4) is 0 Å². The molecule has 0 unspecified atom stereocenters. The van der Waals surface area contributed by atoms with E-state index in [0.717, 1.165) is 23.1 Å². The van der Waals surface area contributed by atoms with E-state index < -0.39 is 0 Å². The van der Waals surface area contributed by atoms with Crippen molar-refractivity contribution in [3.8, 4) is 0 Å². The summed E-state index contributed by atoms with van der Waals surface area (Å²) in [7, 11) is 1.70. The Labute approximate surface area is 142 Å². The minimum Gasteiger partial charge on any atom is -0.383 e. The fraction of sp³-hybridized carbons (Fsp3) is 0.500. The number of fused-ring (bicyclic) bond motifs is 1. The quantitative estimate of drug-likeness (QED) is 0.937. The van der Waals surface area contributed by atoms with E-state index in [1.165, 1.54) is 0 Å². The van der Waals surface area contributed by atoms with Gasteiger partial charge < -0.3 is 24.3 Å². The number of rotatable bonds is 4. The zero-order valence-corrected chi connectivity index (χ0v) is 14.5. The van der Waals surface area contributed by atoms with Crippen LogP contribution in [0.4, 0.5) is 10.5 Å². The number of morpholine rings is 1. The smallest absolute Gasteiger partial charge is 0.322 e. The lowest BCUT2D eigenvalue weighted by atomic mass is 10.1. The van der Waals surface area contributed by atoms with Crippen LogP contribution in [0.15, 0.2) is 30.5 Å². The highest BCUT2D eigenvalue weighted by atomic mass is 16.5. The van der Waals surface area contributed by atoms with Crippen LogP contribution in [-0.4, -0.2) is 54.5 Å². The Balaban J connectivity index is 1.75. The first-order chi connectivity index (χ1) is 11.6. The molecule has 0 radical (unpaired) electrons. The SMILES string of the molecule is COCCn1ccc2ccc(NC(=O)N3CCO[C@@H](C)[C@@H]3C)cc21. The van der Waals surface area contributed by atoms with E-state index in [-0.39, 0.29) is 18.2 Å². The summed E-state index contributed by atoms with van der Waals surface area (Å²) < 4.78 is 12.9. The molecule has 2 amide bonds. The maximum absolute atomic E-state index is 12.6. The molecule has 1 saturated heterocycles. The maximum atomic E-state index is 12.6. The second-order valence-electron chi connectivity index (χ2n) is 6.22. The standard InChI is InChI=1S/C18H25N3O3/c1-13-14(2)24-11-9-21(13)18(22)19-16-5-4-15-6-7-20(8-10-23-3)17(15)12-16/h4-7,12-14H,8-11H2,1-3H3,(H,19,22)/t13-,14-/m0/s1. The van der Waals surface area contributed by atoms with Crippen LogP contribution in [0.1, 0.15) is 13.8 Å². The average Bonchev–Trinajstić information content (AvgIpc) is 2.97. The van der Waals surface area contributed by atoms with E-state index >= 15 is 0 Å². The van der Waals surface area contributed by atoms with E-state index in [2.05, 4.69) is 16.0 Å². The Bertz CT molecular complexity index is 713. The number of aromatic nitrogens is 1. The van der Waals surface area contributed by atoms with Gasteiger partial charge in [-0.05, 0) is 37.4 Å². The molecule has 1 N–H and O–H groups in total. The Hall–Kier alpha value is -2.05. The number of nitrogens with one attached hydrogen (secondary N) is 1. The molecule has 0 bridgehead atoms. The number of carbonyl (C=O) groups is 1. The Morgan fingerprint density at radius 3 is 3.00 bits per heavy atom. The first-order valence-corrected chi connectivity index (χ1v) is 8.37. The summed E-state index contributed by atoms with van der Waals surface area (Å²) in [5.41, 5.74) is 1.89. The molecule has 2 heterocycles. The summed E-state index contributed by atoms with van der Waals surface area (Å²) in [6, 6.07) is 8.04. The van der Waals surface area contributed by atoms with Crippen molar-refractivity contribution in [3.63, 3.8) is 0 Å². The van der Waals surface area contributed by atoms with Gasteiger partial charge in [0.15, 0.2) is 0 Å². The van der Waals surface area contributed by atoms with Crippen molar-refractivity contribution in [3.05, 3.63) is 30.5 Å². The molecule has 1 aromatic heterocycles. The van der Waals surface area contributed by atoms with Gasteiger partial charge in [-0.3, -0.25) is 0 Å². The van der Waals surface area contributed by atoms with Crippen LogP contribution in [-0.2, 0) is 16.0 Å². The molecular weight excluding hydrogens is 306 g/mol. The van der Waals surface area contributed by atoms with Gasteiger partial charge in [-0.15, -0.1) is 0 Å². The van der Waals surface area contributed by atoms with E-state index in [4.69, 9.17) is 9.47 Å². The van der Waals surface area contributed by atoms with Crippen molar-refractivity contribution in [2.45, 2.75) is 32.5 Å². The molecule has 1 aliphatic heterocycles. The minimum absolute atomic E-state index is 0.0539. The van der Waals surface area contributed by atoms with E-state index in [1.54, 1.807) is 7.11 Å². The van der Waals surface area contributed by atoms with Gasteiger partial charge in [-0.1, -0.05) is 6.07 Å². The van der Waals surface area contributed by atoms with Gasteiger partial charge in [0.05, 0.1) is 30.9 Å². The monoisotopic (exact) mass is 331 g/mol. The molecule has 1 aliphatic rings. The second kappa shape index (κ2) is 7.23. The van der Waals surface area contributed by atoms with Crippen LogP contribution in [0.2, 0.25) is 0 Å². The minimum atomic E-state index is -0.0769. The van der Waals surface area contributed by atoms with Crippen molar-refractivity contribution in [2.75, 3.05) is 32.2 Å². The van der Waals surface area contributed by atoms with Crippen molar-refractivity contribution in [2.24, 2.45) is 0 Å². The van der Waals surface area contributed by atoms with Gasteiger partial charge >= 0.3 is 6.03 Å². The average molecular weight is 331 g/mol. The molecular formula is C18H25N3O3. The van der Waals surface area contributed by atoms with Gasteiger partial charge in [-0.2, -0.15) is 0 Å². The summed E-state index contributed by atoms with van der Waals surface area (Å²) in [6.45, 7) is 6.65. The highest BCUT2D eigenvalue weighted by Gasteiger charge is 2.29. The van der Waals surface area contributed by atoms with Gasteiger partial charge in [0.25, 0.3) is 0 Å². The molecule has 1 aromatic carbocycles. The van der Waals surface area contributed by atoms with Crippen molar-refractivity contribution < 1.29 is 14.3 Å². The predicted octanol–water partition coefficient (Wildman–Crippen LogP) is 2.93. The molecule has 6 heteroatoms. The largest absolute Gasteiger partial charge is 0.383 e. The number of carbonyl (C=O) groups excluding carboxylic acids is 1. The fourth-order valence-corrected chi connectivity index (χ4v) is 3.06. The van der Waals surface area contributed by atoms with Gasteiger partial charge in [0.2, 0.25) is 0 Å². The van der Waals surface area contributed by atoms with Crippen LogP contribution in [0.25, 0.3) is 10.9 Å². The fourth-order valence-electron chi connectivity index (χ4n) is 3.06. The Morgan fingerprint density at radius 1 is 1.38 bits per heavy atom. The molecule has 130 valence electrons. The van der Waals surface area contributed by atoms with Crippen LogP contribution in [0, 0.1) is 0 Å². The highest BCUT2D eigenvalue weighted by Crippen LogP contribution is 2.22. The first kappa shape index (κ1) is 16.8. The molecule has 2 aromatic rings. The number of amides is 2. The van der Waals surface area contributed by atoms with Crippen LogP contribution in [0.5, 0.6) is 0 Å². The Kier molecular flexibility index (Phi) is 5.06. The zero-order chi connectivity index (χ0) is 17.1. The summed E-state index contributed by atoms with van der Waals surface area (Å²) >= 11 is 0. The normalized spacial score (nSPS) is 21.2. The van der Waals surface area contributed by atoms with Gasteiger partial charge in [-0.25, -0.2) is 4.79 Å². The summed E-state index contributed by atoms with van der Waals surface area (Å²) in [5.74, 6) is 0. The summed E-state index contributed by atoms with van der Waals surface area (Å²) in [5, 5.41) is 4.17. The third kappa shape index (κ3) is 3.39. The highest BCUT2D eigenvalue weighted by molar-refractivity contribution is 5.93. The third-order valence-corrected chi connectivity index (χ3v) is 4.71. The van der Waals surface area contributed by atoms with E-state index in [0.29, 0.717) is 19.8 Å². The molecule has 0 aliphatic carbocycles. The van der Waals surface area contributed by atoms with Crippen molar-refractivity contribution in [1.29, 1.82) is 0 Å². The number of hydrogen-bond donors (Lipinski definition) is 1. The molecule has 24 heavy (non-hydrogen) atoms. The van der Waals surface area contributed by atoms with Gasteiger partial charge in [0.1, 0.15) is 0 Å². The number of ether oxygens (including phenoxy) is 2. The lowest BCUT2D eigenvalue weighted by molar-refractivity contribution is -0.0355. The molecule has 1 fully saturated rings. The molecule has 2 atom stereocenters. The molecule has 6 nitrogen and oxygen atoms in total. The van der Waals surface area contributed by atoms with Crippen LogP contribution >= 0.6 is 0 Å². The first-order valence-electron chi connectivity index (χ1n) is 8.37. The second-order valence-corrected chi connectivity index (χ2v) is 6.22. The number of benzene rings is 1. The van der Waals surface area contributed by atoms with E-state index in [1.807, 2.05) is 43.1 Å². The lowest BCUT2D eigenvalue weighted by Gasteiger charge is -2.37. The zero-order valence-electron chi connectivity index (χ0n) is 14.5. The van der Waals surface area contributed by atoms with Crippen molar-refractivity contribution in [1.82, 2.24) is 9.47 Å². The third-order valence-electron chi connectivity index (χ3n) is 4.71.